The maximum absolute atomic E-state index is 11.2. The van der Waals surface area contributed by atoms with Crippen molar-refractivity contribution in [2.45, 2.75) is 12.4 Å². The average molecular weight is 348 g/mol. The quantitative estimate of drug-likeness (QED) is 0.570. The van der Waals surface area contributed by atoms with Crippen molar-refractivity contribution >= 4 is 19.7 Å². The van der Waals surface area contributed by atoms with E-state index in [1.807, 2.05) is 26.0 Å². The average Bonchev–Trinajstić information content (AvgIpc) is 2.41. The normalized spacial score (nSPS) is 11.9. The number of rotatable bonds is 5. The fraction of sp³-hybridized carbons (Fsp3) is 0.385. The summed E-state index contributed by atoms with van der Waals surface area (Å²) in [4.78, 5) is 41.3. The summed E-state index contributed by atoms with van der Waals surface area (Å²) in [7, 11) is 1.01. The van der Waals surface area contributed by atoms with Crippen LogP contribution in [0.1, 0.15) is 5.56 Å². The van der Waals surface area contributed by atoms with Crippen molar-refractivity contribution in [1.82, 2.24) is 10.2 Å². The second kappa shape index (κ2) is 9.96. The monoisotopic (exact) mass is 348 g/mol. The standard InChI is InChI=1S/C10H12NO7P.C3H9N/c12-9(13)8(19(15,16)17)11-10(14)18-6-7-4-2-1-3-5-7;1-4(2)3/h1-5,8H,6H2,(H,11,14)(H,12,13)(H2,15,16,17);1-3H3. The number of carbonyl (C=O) groups excluding carboxylic acids is 1. The van der Waals surface area contributed by atoms with Gasteiger partial charge in [-0.2, -0.15) is 0 Å². The molecule has 1 unspecified atom stereocenters. The Morgan fingerprint density at radius 2 is 1.70 bits per heavy atom. The van der Waals surface area contributed by atoms with Gasteiger partial charge in [0.1, 0.15) is 6.61 Å². The Morgan fingerprint density at radius 1 is 1.22 bits per heavy atom. The van der Waals surface area contributed by atoms with Gasteiger partial charge in [-0.3, -0.25) is 9.88 Å². The highest BCUT2D eigenvalue weighted by molar-refractivity contribution is 7.53. The van der Waals surface area contributed by atoms with E-state index < -0.39 is 25.4 Å². The van der Waals surface area contributed by atoms with Crippen LogP contribution in [0.15, 0.2) is 30.3 Å². The lowest BCUT2D eigenvalue weighted by molar-refractivity contribution is -0.137. The molecule has 0 bridgehead atoms. The topological polar surface area (TPSA) is 136 Å². The molecular weight excluding hydrogens is 327 g/mol. The summed E-state index contributed by atoms with van der Waals surface area (Å²) in [6, 6.07) is 8.53. The number of aliphatic carboxylic acids is 1. The van der Waals surface area contributed by atoms with Crippen LogP contribution in [-0.2, 0) is 20.7 Å². The van der Waals surface area contributed by atoms with E-state index in [2.05, 4.69) is 4.74 Å². The number of carboxylic acid groups (broad SMARTS) is 1. The highest BCUT2D eigenvalue weighted by atomic mass is 31.2. The number of alkyl carbamates (subject to hydrolysis) is 1. The van der Waals surface area contributed by atoms with Crippen molar-refractivity contribution in [3.05, 3.63) is 35.9 Å². The van der Waals surface area contributed by atoms with Crippen LogP contribution in [0.2, 0.25) is 0 Å². The van der Waals surface area contributed by atoms with Crippen molar-refractivity contribution in [2.75, 3.05) is 21.1 Å². The molecule has 0 heterocycles. The molecule has 0 saturated heterocycles. The Balaban J connectivity index is 0.00000108. The smallest absolute Gasteiger partial charge is 0.408 e. The van der Waals surface area contributed by atoms with E-state index in [-0.39, 0.29) is 6.61 Å². The van der Waals surface area contributed by atoms with Gasteiger partial charge in [-0.15, -0.1) is 0 Å². The minimum Gasteiger partial charge on any atom is -0.479 e. The van der Waals surface area contributed by atoms with Gasteiger partial charge in [-0.1, -0.05) is 30.3 Å². The predicted molar refractivity (Wildman–Crippen MR) is 82.8 cm³/mol. The molecule has 4 N–H and O–H groups in total. The molecule has 0 spiro atoms. The van der Waals surface area contributed by atoms with Gasteiger partial charge in [-0.25, -0.2) is 9.59 Å². The van der Waals surface area contributed by atoms with Crippen LogP contribution in [0.4, 0.5) is 4.79 Å². The first-order valence-electron chi connectivity index (χ1n) is 6.40. The van der Waals surface area contributed by atoms with E-state index in [1.165, 1.54) is 0 Å². The third-order valence-corrected chi connectivity index (χ3v) is 3.06. The van der Waals surface area contributed by atoms with Crippen LogP contribution in [-0.4, -0.2) is 58.8 Å². The van der Waals surface area contributed by atoms with Gasteiger partial charge >= 0.3 is 19.7 Å². The maximum atomic E-state index is 11.2. The SMILES string of the molecule is CN(C)C.O=C(NC(C(=O)O)P(=O)(O)O)OCc1ccccc1. The molecule has 0 saturated carbocycles. The number of amides is 1. The van der Waals surface area contributed by atoms with E-state index in [0.717, 1.165) is 0 Å². The van der Waals surface area contributed by atoms with Crippen LogP contribution < -0.4 is 5.32 Å². The number of benzene rings is 1. The van der Waals surface area contributed by atoms with Gasteiger partial charge < -0.3 is 24.5 Å². The summed E-state index contributed by atoms with van der Waals surface area (Å²) in [6.45, 7) is -0.139. The van der Waals surface area contributed by atoms with Gasteiger partial charge in [0.2, 0.25) is 5.78 Å². The number of ether oxygens (including phenoxy) is 1. The summed E-state index contributed by atoms with van der Waals surface area (Å²) in [6.07, 6.45) is -1.22. The molecule has 23 heavy (non-hydrogen) atoms. The largest absolute Gasteiger partial charge is 0.479 e. The summed E-state index contributed by atoms with van der Waals surface area (Å²) >= 11 is 0. The molecule has 130 valence electrons. The molecule has 1 aromatic rings. The Hall–Kier alpha value is -1.93. The van der Waals surface area contributed by atoms with Crippen LogP contribution in [0.5, 0.6) is 0 Å². The first-order valence-corrected chi connectivity index (χ1v) is 8.08. The zero-order chi connectivity index (χ0) is 18.0. The molecule has 0 aliphatic carbocycles. The van der Waals surface area contributed by atoms with Crippen LogP contribution >= 0.6 is 7.60 Å². The molecule has 10 heteroatoms. The Labute approximate surface area is 134 Å². The zero-order valence-corrected chi connectivity index (χ0v) is 13.9. The minimum atomic E-state index is -4.99. The number of nitrogens with zero attached hydrogens (tertiary/aromatic N) is 1. The second-order valence-electron chi connectivity index (χ2n) is 4.88. The lowest BCUT2D eigenvalue weighted by Gasteiger charge is -2.15. The van der Waals surface area contributed by atoms with Gasteiger partial charge in [0, 0.05) is 0 Å². The summed E-state index contributed by atoms with van der Waals surface area (Å²) < 4.78 is 15.5. The van der Waals surface area contributed by atoms with Crippen molar-refractivity contribution in [2.24, 2.45) is 0 Å². The van der Waals surface area contributed by atoms with Crippen LogP contribution in [0.25, 0.3) is 0 Å². The number of hydrogen-bond acceptors (Lipinski definition) is 5. The van der Waals surface area contributed by atoms with Crippen molar-refractivity contribution in [3.63, 3.8) is 0 Å². The van der Waals surface area contributed by atoms with E-state index in [0.29, 0.717) is 5.56 Å². The lowest BCUT2D eigenvalue weighted by Crippen LogP contribution is -2.40. The molecule has 0 aliphatic rings. The summed E-state index contributed by atoms with van der Waals surface area (Å²) in [5, 5.41) is 10.2. The van der Waals surface area contributed by atoms with Crippen LogP contribution in [0.3, 0.4) is 0 Å². The second-order valence-corrected chi connectivity index (χ2v) is 6.57. The van der Waals surface area contributed by atoms with E-state index >= 15 is 0 Å². The summed E-state index contributed by atoms with van der Waals surface area (Å²) in [5.41, 5.74) is 0.653. The highest BCUT2D eigenvalue weighted by Crippen LogP contribution is 2.39. The van der Waals surface area contributed by atoms with Gasteiger partial charge in [-0.05, 0) is 26.7 Å². The molecule has 1 rings (SSSR count). The molecule has 1 aromatic carbocycles. The van der Waals surface area contributed by atoms with Crippen molar-refractivity contribution < 1.29 is 33.8 Å². The maximum Gasteiger partial charge on any atom is 0.408 e. The van der Waals surface area contributed by atoms with Gasteiger partial charge in [0.05, 0.1) is 0 Å². The molecule has 0 radical (unpaired) electrons. The molecule has 0 aromatic heterocycles. The Bertz CT molecular complexity index is 542. The molecule has 0 aliphatic heterocycles. The van der Waals surface area contributed by atoms with E-state index in [9.17, 15) is 14.2 Å². The number of hydrogen-bond donors (Lipinski definition) is 4. The third-order valence-electron chi connectivity index (χ3n) is 2.04. The first kappa shape index (κ1) is 21.1. The predicted octanol–water partition coefficient (Wildman–Crippen LogP) is 0.679. The summed E-state index contributed by atoms with van der Waals surface area (Å²) in [5.74, 6) is -4.17. The fourth-order valence-corrected chi connectivity index (χ4v) is 1.73. The zero-order valence-electron chi connectivity index (χ0n) is 13.0. The molecule has 0 fully saturated rings. The minimum absolute atomic E-state index is 0.139. The highest BCUT2D eigenvalue weighted by Gasteiger charge is 2.37. The molecule has 1 atom stereocenters. The number of carbonyl (C=O) groups is 2. The lowest BCUT2D eigenvalue weighted by atomic mass is 10.2. The van der Waals surface area contributed by atoms with Gasteiger partial charge in [0.25, 0.3) is 0 Å². The Kier molecular flexibility index (Phi) is 9.12. The number of carboxylic acids is 1. The Morgan fingerprint density at radius 3 is 2.09 bits per heavy atom. The number of nitrogens with one attached hydrogen (secondary N) is 1. The third kappa shape index (κ3) is 10.4. The van der Waals surface area contributed by atoms with Crippen LogP contribution in [0, 0.1) is 0 Å². The molecule has 1 amide bonds. The van der Waals surface area contributed by atoms with E-state index in [4.69, 9.17) is 14.9 Å². The van der Waals surface area contributed by atoms with E-state index in [1.54, 1.807) is 35.6 Å². The molecular formula is C13H21N2O7P. The van der Waals surface area contributed by atoms with Crippen molar-refractivity contribution in [3.8, 4) is 0 Å². The fourth-order valence-electron chi connectivity index (χ4n) is 1.17. The van der Waals surface area contributed by atoms with Gasteiger partial charge in [0.15, 0.2) is 0 Å². The van der Waals surface area contributed by atoms with Crippen molar-refractivity contribution in [1.29, 1.82) is 0 Å². The molecule has 9 nitrogen and oxygen atoms in total. The first-order chi connectivity index (χ1) is 10.5.